The summed E-state index contributed by atoms with van der Waals surface area (Å²) in [4.78, 5) is 30.5. The summed E-state index contributed by atoms with van der Waals surface area (Å²) < 4.78 is 30.1. The maximum absolute atomic E-state index is 10.9. The Morgan fingerprint density at radius 1 is 1.27 bits per heavy atom. The molecule has 0 spiro atoms. The van der Waals surface area contributed by atoms with E-state index in [0.717, 1.165) is 12.1 Å². The number of carboxylic acids is 1. The fourth-order valence-corrected chi connectivity index (χ4v) is 2.13. The molecule has 1 atom stereocenters. The Morgan fingerprint density at radius 3 is 2.27 bits per heavy atom. The number of benzene rings is 1. The molecule has 0 radical (unpaired) electrons. The molecular weight excluding hydrogens is 326 g/mol. The third kappa shape index (κ3) is 4.64. The number of nitrogens with zero attached hydrogens (tertiary/aromatic N) is 2. The van der Waals surface area contributed by atoms with Gasteiger partial charge in [0.2, 0.25) is 0 Å². The Kier molecular flexibility index (Phi) is 4.95. The first-order valence-corrected chi connectivity index (χ1v) is 6.99. The van der Waals surface area contributed by atoms with E-state index in [0.29, 0.717) is 6.07 Å². The van der Waals surface area contributed by atoms with Gasteiger partial charge in [0.15, 0.2) is 0 Å². The number of rotatable bonds is 7. The zero-order valence-electron chi connectivity index (χ0n) is 10.6. The van der Waals surface area contributed by atoms with Crippen LogP contribution < -0.4 is 5.32 Å². The topological polar surface area (TPSA) is 190 Å². The van der Waals surface area contributed by atoms with Gasteiger partial charge >= 0.3 is 5.97 Å². The van der Waals surface area contributed by atoms with Crippen molar-refractivity contribution in [1.82, 2.24) is 0 Å². The number of hydrogen-bond acceptors (Lipinski definition) is 8. The van der Waals surface area contributed by atoms with Crippen LogP contribution in [0.1, 0.15) is 0 Å². The van der Waals surface area contributed by atoms with Crippen molar-refractivity contribution in [3.05, 3.63) is 38.4 Å². The van der Waals surface area contributed by atoms with E-state index in [-0.39, 0.29) is 0 Å². The average molecular weight is 335 g/mol. The molecule has 12 nitrogen and oxygen atoms in total. The van der Waals surface area contributed by atoms with Crippen LogP contribution in [0.3, 0.4) is 0 Å². The molecule has 0 aliphatic carbocycles. The highest BCUT2D eigenvalue weighted by Gasteiger charge is 2.27. The van der Waals surface area contributed by atoms with Crippen LogP contribution in [-0.4, -0.2) is 45.7 Å². The van der Waals surface area contributed by atoms with Crippen LogP contribution in [0, 0.1) is 20.2 Å². The Hall–Kier alpha value is -2.80. The maximum Gasteiger partial charge on any atom is 0.327 e. The summed E-state index contributed by atoms with van der Waals surface area (Å²) in [7, 11) is -4.66. The minimum Gasteiger partial charge on any atom is -0.480 e. The molecule has 0 aliphatic rings. The fraction of sp³-hybridized carbons (Fsp3) is 0.222. The van der Waals surface area contributed by atoms with E-state index in [4.69, 9.17) is 9.66 Å². The molecule has 0 aliphatic heterocycles. The van der Waals surface area contributed by atoms with Gasteiger partial charge in [-0.05, 0) is 6.07 Å². The Bertz CT molecular complexity index is 730. The van der Waals surface area contributed by atoms with Crippen molar-refractivity contribution >= 4 is 33.1 Å². The van der Waals surface area contributed by atoms with E-state index in [9.17, 15) is 33.4 Å². The molecule has 0 amide bonds. The van der Waals surface area contributed by atoms with Crippen molar-refractivity contribution in [3.8, 4) is 0 Å². The summed E-state index contributed by atoms with van der Waals surface area (Å²) in [6, 6.07) is 0.460. The van der Waals surface area contributed by atoms with Gasteiger partial charge < -0.3 is 10.4 Å². The molecule has 22 heavy (non-hydrogen) atoms. The van der Waals surface area contributed by atoms with Gasteiger partial charge in [0.1, 0.15) is 17.5 Å². The highest BCUT2D eigenvalue weighted by molar-refractivity contribution is 7.85. The van der Waals surface area contributed by atoms with Crippen molar-refractivity contribution in [2.75, 3.05) is 11.1 Å². The highest BCUT2D eigenvalue weighted by Crippen LogP contribution is 2.29. The molecule has 0 bridgehead atoms. The lowest BCUT2D eigenvalue weighted by Gasteiger charge is -2.14. The van der Waals surface area contributed by atoms with E-state index in [1.807, 2.05) is 5.32 Å². The second-order valence-corrected chi connectivity index (χ2v) is 5.50. The molecule has 13 heteroatoms. The van der Waals surface area contributed by atoms with Gasteiger partial charge in [-0.25, -0.2) is 4.79 Å². The van der Waals surface area contributed by atoms with Crippen LogP contribution in [0.15, 0.2) is 18.2 Å². The lowest BCUT2D eigenvalue weighted by molar-refractivity contribution is -0.393. The molecular formula is C9H9N3O9S. The smallest absolute Gasteiger partial charge is 0.327 e. The molecule has 3 N–H and O–H groups in total. The van der Waals surface area contributed by atoms with E-state index in [1.165, 1.54) is 0 Å². The van der Waals surface area contributed by atoms with Crippen LogP contribution >= 0.6 is 0 Å². The van der Waals surface area contributed by atoms with Gasteiger partial charge in [0, 0.05) is 6.07 Å². The minimum atomic E-state index is -4.66. The Labute approximate surface area is 122 Å². The zero-order valence-corrected chi connectivity index (χ0v) is 11.4. The van der Waals surface area contributed by atoms with Crippen LogP contribution in [0.4, 0.5) is 17.1 Å². The number of carbonyl (C=O) groups is 1. The van der Waals surface area contributed by atoms with Gasteiger partial charge in [0.25, 0.3) is 21.5 Å². The van der Waals surface area contributed by atoms with Gasteiger partial charge in [-0.3, -0.25) is 24.8 Å². The van der Waals surface area contributed by atoms with Crippen molar-refractivity contribution < 1.29 is 32.7 Å². The fourth-order valence-electron chi connectivity index (χ4n) is 1.48. The SMILES string of the molecule is O=C(O)[C@@H](CS(=O)(=O)O)Nc1ccc([N+](=O)[O-])cc1[N+](=O)[O-]. The molecule has 0 saturated carbocycles. The van der Waals surface area contributed by atoms with Crippen LogP contribution in [-0.2, 0) is 14.9 Å². The van der Waals surface area contributed by atoms with Crippen LogP contribution in [0.25, 0.3) is 0 Å². The van der Waals surface area contributed by atoms with E-state index < -0.39 is 54.8 Å². The summed E-state index contributed by atoms with van der Waals surface area (Å²) in [6.07, 6.45) is 0. The van der Waals surface area contributed by atoms with E-state index in [1.54, 1.807) is 0 Å². The Morgan fingerprint density at radius 2 is 1.86 bits per heavy atom. The lowest BCUT2D eigenvalue weighted by atomic mass is 10.2. The van der Waals surface area contributed by atoms with E-state index >= 15 is 0 Å². The summed E-state index contributed by atoms with van der Waals surface area (Å²) >= 11 is 0. The van der Waals surface area contributed by atoms with Gasteiger partial charge in [-0.15, -0.1) is 0 Å². The molecule has 0 heterocycles. The number of non-ortho nitro benzene ring substituents is 1. The molecule has 0 saturated heterocycles. The quantitative estimate of drug-likeness (QED) is 0.353. The van der Waals surface area contributed by atoms with Gasteiger partial charge in [-0.1, -0.05) is 0 Å². The van der Waals surface area contributed by atoms with Gasteiger partial charge in [-0.2, -0.15) is 8.42 Å². The normalized spacial score (nSPS) is 12.4. The largest absolute Gasteiger partial charge is 0.480 e. The maximum atomic E-state index is 10.9. The zero-order chi connectivity index (χ0) is 17.1. The molecule has 1 rings (SSSR count). The summed E-state index contributed by atoms with van der Waals surface area (Å²) in [6.45, 7) is 0. The number of hydrogen-bond donors (Lipinski definition) is 3. The average Bonchev–Trinajstić information content (AvgIpc) is 2.36. The minimum absolute atomic E-state index is 0.438. The number of nitro benzene ring substituents is 2. The molecule has 0 unspecified atom stereocenters. The van der Waals surface area contributed by atoms with Crippen molar-refractivity contribution in [1.29, 1.82) is 0 Å². The number of anilines is 1. The summed E-state index contributed by atoms with van der Waals surface area (Å²) in [5, 5.41) is 32.3. The first kappa shape index (κ1) is 17.3. The lowest BCUT2D eigenvalue weighted by Crippen LogP contribution is -2.36. The molecule has 1 aromatic rings. The van der Waals surface area contributed by atoms with Gasteiger partial charge in [0.05, 0.1) is 15.9 Å². The molecule has 1 aromatic carbocycles. The second kappa shape index (κ2) is 6.31. The summed E-state index contributed by atoms with van der Waals surface area (Å²) in [5.41, 5.74) is -1.85. The van der Waals surface area contributed by atoms with Crippen LogP contribution in [0.2, 0.25) is 0 Å². The number of carboxylic acid groups (broad SMARTS) is 1. The number of aliphatic carboxylic acids is 1. The highest BCUT2D eigenvalue weighted by atomic mass is 32.2. The first-order valence-electron chi connectivity index (χ1n) is 5.38. The third-order valence-electron chi connectivity index (χ3n) is 2.39. The van der Waals surface area contributed by atoms with E-state index in [2.05, 4.69) is 0 Å². The second-order valence-electron chi connectivity index (χ2n) is 4.00. The molecule has 0 aromatic heterocycles. The van der Waals surface area contributed by atoms with Crippen molar-refractivity contribution in [3.63, 3.8) is 0 Å². The standard InChI is InChI=1S/C9H9N3O9S/c13-9(14)7(4-22(19,20)21)10-6-2-1-5(11(15)16)3-8(6)12(17)18/h1-3,7,10H,4H2,(H,13,14)(H,19,20,21)/t7-/m1/s1. The van der Waals surface area contributed by atoms with Crippen molar-refractivity contribution in [2.45, 2.75) is 6.04 Å². The van der Waals surface area contributed by atoms with Crippen molar-refractivity contribution in [2.24, 2.45) is 0 Å². The predicted octanol–water partition coefficient (Wildman–Crippen LogP) is 0.256. The molecule has 0 fully saturated rings. The number of nitro groups is 2. The monoisotopic (exact) mass is 335 g/mol. The Balaban J connectivity index is 3.22. The first-order chi connectivity index (χ1) is 10.0. The number of nitrogens with one attached hydrogen (secondary N) is 1. The third-order valence-corrected chi connectivity index (χ3v) is 3.15. The van der Waals surface area contributed by atoms with Crippen LogP contribution in [0.5, 0.6) is 0 Å². The molecule has 120 valence electrons. The predicted molar refractivity (Wildman–Crippen MR) is 71.2 cm³/mol. The summed E-state index contributed by atoms with van der Waals surface area (Å²) in [5.74, 6) is -2.93.